The summed E-state index contributed by atoms with van der Waals surface area (Å²) in [5.41, 5.74) is 6.32. The smallest absolute Gasteiger partial charge is 0.183 e. The van der Waals surface area contributed by atoms with Gasteiger partial charge in [0.1, 0.15) is 0 Å². The number of fused-ring (bicyclic) bond motifs is 1. The van der Waals surface area contributed by atoms with Crippen molar-refractivity contribution in [2.24, 2.45) is 0 Å². The fourth-order valence-corrected chi connectivity index (χ4v) is 3.20. The van der Waals surface area contributed by atoms with E-state index in [0.29, 0.717) is 13.1 Å². The maximum Gasteiger partial charge on any atom is 0.183 e. The molecule has 0 bridgehead atoms. The lowest BCUT2D eigenvalue weighted by molar-refractivity contribution is 0.693. The maximum atomic E-state index is 6.23. The van der Waals surface area contributed by atoms with E-state index in [4.69, 9.17) is 11.6 Å². The molecular weight excluding hydrogens is 346 g/mol. The van der Waals surface area contributed by atoms with E-state index in [-0.39, 0.29) is 0 Å². The summed E-state index contributed by atoms with van der Waals surface area (Å²) in [6, 6.07) is 18.4. The van der Waals surface area contributed by atoms with Gasteiger partial charge in [-0.2, -0.15) is 4.52 Å². The lowest BCUT2D eigenvalue weighted by atomic mass is 10.0. The molecule has 0 aliphatic carbocycles. The fraction of sp³-hybridized carbons (Fsp3) is 0.150. The summed E-state index contributed by atoms with van der Waals surface area (Å²) in [5, 5.41) is 16.2. The highest BCUT2D eigenvalue weighted by Crippen LogP contribution is 2.23. The van der Waals surface area contributed by atoms with Crippen molar-refractivity contribution in [1.29, 1.82) is 0 Å². The minimum atomic E-state index is 0.648. The highest BCUT2D eigenvalue weighted by Gasteiger charge is 2.09. The first-order valence-electron chi connectivity index (χ1n) is 8.42. The van der Waals surface area contributed by atoms with Crippen molar-refractivity contribution in [2.75, 3.05) is 0 Å². The van der Waals surface area contributed by atoms with Crippen molar-refractivity contribution >= 4 is 17.2 Å². The van der Waals surface area contributed by atoms with Crippen molar-refractivity contribution in [2.45, 2.75) is 20.0 Å². The number of benzene rings is 2. The lowest BCUT2D eigenvalue weighted by Crippen LogP contribution is -2.14. The van der Waals surface area contributed by atoms with Crippen LogP contribution < -0.4 is 5.32 Å². The molecule has 0 fully saturated rings. The first kappa shape index (κ1) is 16.7. The van der Waals surface area contributed by atoms with Gasteiger partial charge in [-0.05, 0) is 40.6 Å². The Balaban J connectivity index is 1.62. The van der Waals surface area contributed by atoms with Gasteiger partial charge >= 0.3 is 0 Å². The molecule has 4 rings (SSSR count). The van der Waals surface area contributed by atoms with E-state index in [1.807, 2.05) is 30.5 Å². The molecular formula is C20H18ClN5. The van der Waals surface area contributed by atoms with Crippen LogP contribution >= 0.6 is 11.6 Å². The van der Waals surface area contributed by atoms with E-state index in [1.165, 1.54) is 5.56 Å². The van der Waals surface area contributed by atoms with Gasteiger partial charge in [0.2, 0.25) is 0 Å². The minimum Gasteiger partial charge on any atom is -0.308 e. The van der Waals surface area contributed by atoms with Crippen LogP contribution in [0.5, 0.6) is 0 Å². The van der Waals surface area contributed by atoms with Gasteiger partial charge in [0.15, 0.2) is 5.65 Å². The number of tetrazole rings is 1. The van der Waals surface area contributed by atoms with Gasteiger partial charge in [-0.15, -0.1) is 5.10 Å². The second kappa shape index (κ2) is 7.23. The summed E-state index contributed by atoms with van der Waals surface area (Å²) in [7, 11) is 0. The Morgan fingerprint density at radius 3 is 2.65 bits per heavy atom. The number of pyridine rings is 1. The average Bonchev–Trinajstić information content (AvgIpc) is 3.12. The third-order valence-corrected chi connectivity index (χ3v) is 4.68. The first-order valence-corrected chi connectivity index (χ1v) is 8.80. The van der Waals surface area contributed by atoms with Crippen molar-refractivity contribution in [3.8, 4) is 11.1 Å². The van der Waals surface area contributed by atoms with Crippen LogP contribution in [-0.4, -0.2) is 20.0 Å². The van der Waals surface area contributed by atoms with Crippen LogP contribution in [0.3, 0.4) is 0 Å². The molecule has 0 aliphatic heterocycles. The molecule has 130 valence electrons. The average molecular weight is 364 g/mol. The summed E-state index contributed by atoms with van der Waals surface area (Å²) in [5.74, 6) is 0. The Morgan fingerprint density at radius 1 is 0.962 bits per heavy atom. The van der Waals surface area contributed by atoms with E-state index in [0.717, 1.165) is 32.9 Å². The Labute approximate surface area is 156 Å². The number of aromatic nitrogens is 4. The summed E-state index contributed by atoms with van der Waals surface area (Å²) >= 11 is 6.23. The predicted octanol–water partition coefficient (Wildman–Crippen LogP) is 4.04. The van der Waals surface area contributed by atoms with Gasteiger partial charge in [-0.25, -0.2) is 0 Å². The Morgan fingerprint density at radius 2 is 1.81 bits per heavy atom. The molecule has 0 amide bonds. The van der Waals surface area contributed by atoms with Crippen LogP contribution in [0.25, 0.3) is 16.8 Å². The number of nitrogens with one attached hydrogen (secondary N) is 1. The SMILES string of the molecule is Cc1cccc(-c2cc(CNCc3ccccc3Cl)c3nnnn3c2)c1. The van der Waals surface area contributed by atoms with Crippen molar-refractivity contribution in [3.63, 3.8) is 0 Å². The predicted molar refractivity (Wildman–Crippen MR) is 103 cm³/mol. The molecule has 2 heterocycles. The highest BCUT2D eigenvalue weighted by atomic mass is 35.5. The molecule has 0 aliphatic rings. The zero-order valence-corrected chi connectivity index (χ0v) is 15.1. The molecule has 0 spiro atoms. The molecule has 0 radical (unpaired) electrons. The molecule has 0 atom stereocenters. The molecule has 1 N–H and O–H groups in total. The molecule has 26 heavy (non-hydrogen) atoms. The first-order chi connectivity index (χ1) is 12.7. The summed E-state index contributed by atoms with van der Waals surface area (Å²) in [6.07, 6.45) is 1.96. The van der Waals surface area contributed by atoms with Crippen LogP contribution in [0.1, 0.15) is 16.7 Å². The van der Waals surface area contributed by atoms with Crippen LogP contribution in [0, 0.1) is 6.92 Å². The minimum absolute atomic E-state index is 0.648. The van der Waals surface area contributed by atoms with E-state index in [9.17, 15) is 0 Å². The van der Waals surface area contributed by atoms with Crippen molar-refractivity contribution < 1.29 is 0 Å². The number of hydrogen-bond acceptors (Lipinski definition) is 4. The Hall–Kier alpha value is -2.76. The van der Waals surface area contributed by atoms with Crippen LogP contribution in [0.2, 0.25) is 5.02 Å². The van der Waals surface area contributed by atoms with Gasteiger partial charge in [0, 0.05) is 35.4 Å². The molecule has 0 saturated carbocycles. The van der Waals surface area contributed by atoms with Gasteiger partial charge < -0.3 is 5.32 Å². The standard InChI is InChI=1S/C20H18ClN5/c1-14-5-4-7-15(9-14)18-10-17(20-23-24-25-26(20)13-18)12-22-11-16-6-2-3-8-19(16)21/h2-10,13,22H,11-12H2,1H3. The molecule has 2 aromatic carbocycles. The van der Waals surface area contributed by atoms with E-state index in [1.54, 1.807) is 4.52 Å². The Bertz CT molecular complexity index is 1060. The van der Waals surface area contributed by atoms with E-state index < -0.39 is 0 Å². The normalized spacial score (nSPS) is 11.2. The monoisotopic (exact) mass is 363 g/mol. The number of rotatable bonds is 5. The topological polar surface area (TPSA) is 55.1 Å². The summed E-state index contributed by atoms with van der Waals surface area (Å²) in [6.45, 7) is 3.42. The lowest BCUT2D eigenvalue weighted by Gasteiger charge is -2.10. The zero-order chi connectivity index (χ0) is 17.9. The quantitative estimate of drug-likeness (QED) is 0.581. The molecule has 0 unspecified atom stereocenters. The Kier molecular flexibility index (Phi) is 4.65. The zero-order valence-electron chi connectivity index (χ0n) is 14.4. The second-order valence-corrected chi connectivity index (χ2v) is 6.67. The molecule has 4 aromatic rings. The number of aryl methyl sites for hydroxylation is 1. The number of nitrogens with zero attached hydrogens (tertiary/aromatic N) is 4. The van der Waals surface area contributed by atoms with Gasteiger partial charge in [0.05, 0.1) is 0 Å². The largest absolute Gasteiger partial charge is 0.308 e. The van der Waals surface area contributed by atoms with Gasteiger partial charge in [0.25, 0.3) is 0 Å². The fourth-order valence-electron chi connectivity index (χ4n) is 3.00. The van der Waals surface area contributed by atoms with Gasteiger partial charge in [-0.1, -0.05) is 59.6 Å². The second-order valence-electron chi connectivity index (χ2n) is 6.27. The van der Waals surface area contributed by atoms with Gasteiger partial charge in [-0.3, -0.25) is 0 Å². The molecule has 0 saturated heterocycles. The van der Waals surface area contributed by atoms with Crippen molar-refractivity contribution in [1.82, 2.24) is 25.4 Å². The molecule has 5 nitrogen and oxygen atoms in total. The number of hydrogen-bond donors (Lipinski definition) is 1. The van der Waals surface area contributed by atoms with E-state index in [2.05, 4.69) is 58.1 Å². The van der Waals surface area contributed by atoms with Crippen LogP contribution in [0.15, 0.2) is 60.8 Å². The van der Waals surface area contributed by atoms with E-state index >= 15 is 0 Å². The third-order valence-electron chi connectivity index (χ3n) is 4.31. The maximum absolute atomic E-state index is 6.23. The van der Waals surface area contributed by atoms with Crippen LogP contribution in [0.4, 0.5) is 0 Å². The highest BCUT2D eigenvalue weighted by molar-refractivity contribution is 6.31. The third kappa shape index (κ3) is 3.45. The summed E-state index contributed by atoms with van der Waals surface area (Å²) < 4.78 is 1.73. The summed E-state index contributed by atoms with van der Waals surface area (Å²) in [4.78, 5) is 0. The molecule has 2 aromatic heterocycles. The number of halogens is 1. The van der Waals surface area contributed by atoms with Crippen molar-refractivity contribution in [3.05, 3.63) is 82.5 Å². The van der Waals surface area contributed by atoms with Crippen LogP contribution in [-0.2, 0) is 13.1 Å². The molecule has 6 heteroatoms.